The van der Waals surface area contributed by atoms with Gasteiger partial charge in [-0.3, -0.25) is 9.69 Å². The summed E-state index contributed by atoms with van der Waals surface area (Å²) < 4.78 is 5.41. The molecule has 0 aliphatic carbocycles. The van der Waals surface area contributed by atoms with E-state index in [1.807, 2.05) is 18.9 Å². The van der Waals surface area contributed by atoms with Gasteiger partial charge in [-0.1, -0.05) is 20.8 Å². The van der Waals surface area contributed by atoms with E-state index in [9.17, 15) is 4.79 Å². The molecular formula is C12H25NO3. The molecule has 0 bridgehead atoms. The monoisotopic (exact) mass is 231 g/mol. The number of carboxylic acids is 1. The minimum Gasteiger partial charge on any atom is -0.480 e. The van der Waals surface area contributed by atoms with Crippen molar-refractivity contribution in [3.05, 3.63) is 0 Å². The Bertz CT molecular complexity index is 195. The summed E-state index contributed by atoms with van der Waals surface area (Å²) >= 11 is 0. The molecule has 1 N–H and O–H groups in total. The van der Waals surface area contributed by atoms with E-state index in [1.54, 1.807) is 0 Å². The van der Waals surface area contributed by atoms with Crippen LogP contribution in [0.5, 0.6) is 0 Å². The lowest BCUT2D eigenvalue weighted by molar-refractivity contribution is -0.145. The molecule has 0 saturated heterocycles. The van der Waals surface area contributed by atoms with Crippen LogP contribution in [0.3, 0.4) is 0 Å². The van der Waals surface area contributed by atoms with Crippen LogP contribution in [0.4, 0.5) is 0 Å². The Morgan fingerprint density at radius 3 is 2.50 bits per heavy atom. The van der Waals surface area contributed by atoms with Crippen molar-refractivity contribution in [3.63, 3.8) is 0 Å². The number of nitrogens with zero attached hydrogens (tertiary/aromatic N) is 1. The summed E-state index contributed by atoms with van der Waals surface area (Å²) in [5, 5.41) is 9.06. The number of likely N-dealkylation sites (N-methyl/N-ethyl adjacent to an activating group) is 1. The predicted molar refractivity (Wildman–Crippen MR) is 64.6 cm³/mol. The van der Waals surface area contributed by atoms with Gasteiger partial charge in [0, 0.05) is 6.61 Å². The largest absolute Gasteiger partial charge is 0.480 e. The SMILES string of the molecule is CCCN(C)C(COCCC(C)C)C(=O)O. The van der Waals surface area contributed by atoms with Crippen LogP contribution < -0.4 is 0 Å². The van der Waals surface area contributed by atoms with Gasteiger partial charge in [0.05, 0.1) is 6.61 Å². The molecule has 96 valence electrons. The minimum absolute atomic E-state index is 0.276. The highest BCUT2D eigenvalue weighted by Crippen LogP contribution is 2.03. The van der Waals surface area contributed by atoms with Crippen molar-refractivity contribution in [2.24, 2.45) is 5.92 Å². The van der Waals surface area contributed by atoms with Crippen molar-refractivity contribution < 1.29 is 14.6 Å². The van der Waals surface area contributed by atoms with Crippen molar-refractivity contribution in [1.82, 2.24) is 4.90 Å². The van der Waals surface area contributed by atoms with E-state index in [0.717, 1.165) is 19.4 Å². The average Bonchev–Trinajstić information content (AvgIpc) is 2.16. The second kappa shape index (κ2) is 8.53. The molecule has 0 aliphatic heterocycles. The molecule has 0 aromatic carbocycles. The number of carboxylic acid groups (broad SMARTS) is 1. The van der Waals surface area contributed by atoms with Gasteiger partial charge in [0.15, 0.2) is 0 Å². The number of hydrogen-bond donors (Lipinski definition) is 1. The zero-order valence-corrected chi connectivity index (χ0v) is 10.9. The maximum absolute atomic E-state index is 11.0. The number of ether oxygens (including phenoxy) is 1. The number of hydrogen-bond acceptors (Lipinski definition) is 3. The zero-order valence-electron chi connectivity index (χ0n) is 10.9. The lowest BCUT2D eigenvalue weighted by Gasteiger charge is -2.23. The van der Waals surface area contributed by atoms with Gasteiger partial charge in [-0.15, -0.1) is 0 Å². The minimum atomic E-state index is -0.805. The van der Waals surface area contributed by atoms with E-state index >= 15 is 0 Å². The maximum Gasteiger partial charge on any atom is 0.323 e. The van der Waals surface area contributed by atoms with E-state index in [4.69, 9.17) is 9.84 Å². The highest BCUT2D eigenvalue weighted by atomic mass is 16.5. The van der Waals surface area contributed by atoms with Crippen LogP contribution in [0, 0.1) is 5.92 Å². The van der Waals surface area contributed by atoms with Gasteiger partial charge in [0.25, 0.3) is 0 Å². The molecule has 0 rings (SSSR count). The average molecular weight is 231 g/mol. The summed E-state index contributed by atoms with van der Waals surface area (Å²) in [4.78, 5) is 12.9. The van der Waals surface area contributed by atoms with Crippen molar-refractivity contribution in [1.29, 1.82) is 0 Å². The van der Waals surface area contributed by atoms with Crippen LogP contribution in [0.1, 0.15) is 33.6 Å². The Morgan fingerprint density at radius 1 is 1.44 bits per heavy atom. The molecule has 16 heavy (non-hydrogen) atoms. The molecule has 0 heterocycles. The molecule has 0 radical (unpaired) electrons. The van der Waals surface area contributed by atoms with Gasteiger partial charge >= 0.3 is 5.97 Å². The van der Waals surface area contributed by atoms with E-state index in [0.29, 0.717) is 12.5 Å². The Hall–Kier alpha value is -0.610. The standard InChI is InChI=1S/C12H25NO3/c1-5-7-13(4)11(12(14)15)9-16-8-6-10(2)3/h10-11H,5-9H2,1-4H3,(H,14,15). The Balaban J connectivity index is 3.90. The fourth-order valence-electron chi connectivity index (χ4n) is 1.41. The second-order valence-corrected chi connectivity index (χ2v) is 4.59. The van der Waals surface area contributed by atoms with Gasteiger partial charge in [0.2, 0.25) is 0 Å². The van der Waals surface area contributed by atoms with Crippen LogP contribution in [0.2, 0.25) is 0 Å². The lowest BCUT2D eigenvalue weighted by Crippen LogP contribution is -2.42. The van der Waals surface area contributed by atoms with Crippen molar-refractivity contribution in [2.45, 2.75) is 39.7 Å². The lowest BCUT2D eigenvalue weighted by atomic mass is 10.1. The summed E-state index contributed by atoms with van der Waals surface area (Å²) in [6.45, 7) is 7.99. The molecule has 0 aliphatic rings. The van der Waals surface area contributed by atoms with Crippen LogP contribution in [0.15, 0.2) is 0 Å². The zero-order chi connectivity index (χ0) is 12.6. The highest BCUT2D eigenvalue weighted by Gasteiger charge is 2.21. The normalized spacial score (nSPS) is 13.4. The highest BCUT2D eigenvalue weighted by molar-refractivity contribution is 5.73. The van der Waals surface area contributed by atoms with Gasteiger partial charge in [-0.2, -0.15) is 0 Å². The smallest absolute Gasteiger partial charge is 0.323 e. The summed E-state index contributed by atoms with van der Waals surface area (Å²) in [7, 11) is 1.83. The first-order valence-corrected chi connectivity index (χ1v) is 5.99. The van der Waals surface area contributed by atoms with Crippen LogP contribution in [-0.4, -0.2) is 48.8 Å². The van der Waals surface area contributed by atoms with E-state index < -0.39 is 12.0 Å². The molecule has 1 unspecified atom stereocenters. The molecular weight excluding hydrogens is 206 g/mol. The first kappa shape index (κ1) is 15.4. The van der Waals surface area contributed by atoms with Gasteiger partial charge in [-0.25, -0.2) is 0 Å². The van der Waals surface area contributed by atoms with E-state index in [2.05, 4.69) is 13.8 Å². The molecule has 0 spiro atoms. The molecule has 0 amide bonds. The topological polar surface area (TPSA) is 49.8 Å². The molecule has 0 saturated carbocycles. The van der Waals surface area contributed by atoms with Gasteiger partial charge in [-0.05, 0) is 32.4 Å². The third kappa shape index (κ3) is 6.80. The molecule has 4 heteroatoms. The van der Waals surface area contributed by atoms with Crippen molar-refractivity contribution >= 4 is 5.97 Å². The Labute approximate surface area is 98.6 Å². The molecule has 0 fully saturated rings. The van der Waals surface area contributed by atoms with Crippen LogP contribution in [0.25, 0.3) is 0 Å². The first-order chi connectivity index (χ1) is 7.49. The number of rotatable bonds is 9. The third-order valence-electron chi connectivity index (χ3n) is 2.51. The van der Waals surface area contributed by atoms with Crippen molar-refractivity contribution in [2.75, 3.05) is 26.8 Å². The molecule has 4 nitrogen and oxygen atoms in total. The molecule has 0 aromatic rings. The van der Waals surface area contributed by atoms with Gasteiger partial charge in [0.1, 0.15) is 6.04 Å². The molecule has 0 aromatic heterocycles. The Morgan fingerprint density at radius 2 is 2.06 bits per heavy atom. The number of carbonyl (C=O) groups is 1. The predicted octanol–water partition coefficient (Wildman–Crippen LogP) is 1.84. The molecule has 1 atom stereocenters. The number of aliphatic carboxylic acids is 1. The maximum atomic E-state index is 11.0. The fraction of sp³-hybridized carbons (Fsp3) is 0.917. The second-order valence-electron chi connectivity index (χ2n) is 4.59. The fourth-order valence-corrected chi connectivity index (χ4v) is 1.41. The summed E-state index contributed by atoms with van der Waals surface area (Å²) in [5.41, 5.74) is 0. The summed E-state index contributed by atoms with van der Waals surface area (Å²) in [6, 6.07) is -0.521. The summed E-state index contributed by atoms with van der Waals surface area (Å²) in [5.74, 6) is -0.211. The van der Waals surface area contributed by atoms with Crippen LogP contribution >= 0.6 is 0 Å². The van der Waals surface area contributed by atoms with Gasteiger partial charge < -0.3 is 9.84 Å². The van der Waals surface area contributed by atoms with E-state index in [-0.39, 0.29) is 6.61 Å². The summed E-state index contributed by atoms with van der Waals surface area (Å²) in [6.07, 6.45) is 1.93. The first-order valence-electron chi connectivity index (χ1n) is 5.99. The van der Waals surface area contributed by atoms with Crippen molar-refractivity contribution in [3.8, 4) is 0 Å². The van der Waals surface area contributed by atoms with Crippen LogP contribution in [-0.2, 0) is 9.53 Å². The quantitative estimate of drug-likeness (QED) is 0.615. The third-order valence-corrected chi connectivity index (χ3v) is 2.51. The Kier molecular flexibility index (Phi) is 8.21. The van der Waals surface area contributed by atoms with E-state index in [1.165, 1.54) is 0 Å².